The average molecular weight is 274 g/mol. The molecule has 1 N–H and O–H groups in total. The van der Waals surface area contributed by atoms with E-state index in [1.807, 2.05) is 36.4 Å². The molecule has 0 aliphatic rings. The number of rotatable bonds is 4. The first-order valence-electron chi connectivity index (χ1n) is 6.81. The predicted octanol–water partition coefficient (Wildman–Crippen LogP) is 3.13. The molecule has 4 heteroatoms. The molecule has 0 spiro atoms. The van der Waals surface area contributed by atoms with Gasteiger partial charge in [0.2, 0.25) is 0 Å². The Bertz CT molecular complexity index is 769. The summed E-state index contributed by atoms with van der Waals surface area (Å²) >= 11 is 0. The van der Waals surface area contributed by atoms with Crippen LogP contribution in [-0.2, 0) is 12.8 Å². The van der Waals surface area contributed by atoms with E-state index in [4.69, 9.17) is 5.26 Å². The Balaban J connectivity index is 1.76. The SMILES string of the molecule is N#Cc1ccccc1-c1n[nH]c(CCc2ccccc2)n1. The van der Waals surface area contributed by atoms with Crippen LogP contribution in [0.25, 0.3) is 11.4 Å². The Kier molecular flexibility index (Phi) is 3.74. The van der Waals surface area contributed by atoms with Crippen LogP contribution >= 0.6 is 0 Å². The fourth-order valence-electron chi connectivity index (χ4n) is 2.21. The highest BCUT2D eigenvalue weighted by molar-refractivity contribution is 5.63. The maximum absolute atomic E-state index is 9.12. The van der Waals surface area contributed by atoms with Crippen molar-refractivity contribution in [3.8, 4) is 17.5 Å². The molecule has 0 saturated carbocycles. The molecule has 0 fully saturated rings. The zero-order valence-electron chi connectivity index (χ0n) is 11.5. The van der Waals surface area contributed by atoms with Crippen LogP contribution in [0.2, 0.25) is 0 Å². The van der Waals surface area contributed by atoms with Gasteiger partial charge in [-0.25, -0.2) is 4.98 Å². The third kappa shape index (κ3) is 2.98. The van der Waals surface area contributed by atoms with E-state index >= 15 is 0 Å². The quantitative estimate of drug-likeness (QED) is 0.795. The lowest BCUT2D eigenvalue weighted by atomic mass is 10.1. The van der Waals surface area contributed by atoms with Gasteiger partial charge in [-0.3, -0.25) is 5.10 Å². The van der Waals surface area contributed by atoms with Crippen LogP contribution in [0.3, 0.4) is 0 Å². The van der Waals surface area contributed by atoms with Crippen LogP contribution in [0.4, 0.5) is 0 Å². The molecule has 3 rings (SSSR count). The predicted molar refractivity (Wildman–Crippen MR) is 80.4 cm³/mol. The molecule has 0 bridgehead atoms. The molecular formula is C17H14N4. The van der Waals surface area contributed by atoms with Gasteiger partial charge in [0.25, 0.3) is 0 Å². The number of nitriles is 1. The number of aryl methyl sites for hydroxylation is 2. The fraction of sp³-hybridized carbons (Fsp3) is 0.118. The van der Waals surface area contributed by atoms with Gasteiger partial charge in [-0.05, 0) is 24.1 Å². The minimum atomic E-state index is 0.579. The maximum atomic E-state index is 9.12. The number of nitrogens with zero attached hydrogens (tertiary/aromatic N) is 3. The molecular weight excluding hydrogens is 260 g/mol. The summed E-state index contributed by atoms with van der Waals surface area (Å²) in [4.78, 5) is 4.49. The number of nitrogens with one attached hydrogen (secondary N) is 1. The lowest BCUT2D eigenvalue weighted by Crippen LogP contribution is -1.93. The second-order valence-corrected chi connectivity index (χ2v) is 4.75. The van der Waals surface area contributed by atoms with Crippen LogP contribution in [0.1, 0.15) is 17.0 Å². The van der Waals surface area contributed by atoms with Crippen molar-refractivity contribution >= 4 is 0 Å². The monoisotopic (exact) mass is 274 g/mol. The van der Waals surface area contributed by atoms with Crippen molar-refractivity contribution in [3.05, 3.63) is 71.5 Å². The smallest absolute Gasteiger partial charge is 0.182 e. The lowest BCUT2D eigenvalue weighted by molar-refractivity contribution is 0.865. The largest absolute Gasteiger partial charge is 0.263 e. The summed E-state index contributed by atoms with van der Waals surface area (Å²) in [7, 11) is 0. The number of aromatic nitrogens is 3. The molecule has 0 amide bonds. The van der Waals surface area contributed by atoms with Gasteiger partial charge in [-0.1, -0.05) is 42.5 Å². The topological polar surface area (TPSA) is 65.4 Å². The minimum Gasteiger partial charge on any atom is -0.263 e. The lowest BCUT2D eigenvalue weighted by Gasteiger charge is -1.98. The van der Waals surface area contributed by atoms with Gasteiger partial charge in [-0.2, -0.15) is 10.4 Å². The van der Waals surface area contributed by atoms with E-state index in [2.05, 4.69) is 33.4 Å². The standard InChI is InChI=1S/C17H14N4/c18-12-14-8-4-5-9-15(14)17-19-16(20-21-17)11-10-13-6-2-1-3-7-13/h1-9H,10-11H2,(H,19,20,21). The normalized spacial score (nSPS) is 10.2. The summed E-state index contributed by atoms with van der Waals surface area (Å²) in [5.74, 6) is 1.41. The molecule has 3 aromatic rings. The van der Waals surface area contributed by atoms with E-state index in [0.717, 1.165) is 24.2 Å². The maximum Gasteiger partial charge on any atom is 0.182 e. The van der Waals surface area contributed by atoms with Gasteiger partial charge < -0.3 is 0 Å². The molecule has 0 radical (unpaired) electrons. The first-order chi connectivity index (χ1) is 10.4. The molecule has 102 valence electrons. The molecule has 2 aromatic carbocycles. The van der Waals surface area contributed by atoms with Crippen molar-refractivity contribution in [2.24, 2.45) is 0 Å². The highest BCUT2D eigenvalue weighted by Gasteiger charge is 2.09. The molecule has 0 aliphatic heterocycles. The molecule has 1 aromatic heterocycles. The van der Waals surface area contributed by atoms with Crippen molar-refractivity contribution in [3.63, 3.8) is 0 Å². The number of aromatic amines is 1. The Morgan fingerprint density at radius 2 is 1.71 bits per heavy atom. The van der Waals surface area contributed by atoms with Gasteiger partial charge >= 0.3 is 0 Å². The van der Waals surface area contributed by atoms with E-state index in [0.29, 0.717) is 11.4 Å². The summed E-state index contributed by atoms with van der Waals surface area (Å²) in [5.41, 5.74) is 2.63. The summed E-state index contributed by atoms with van der Waals surface area (Å²) in [6.45, 7) is 0. The van der Waals surface area contributed by atoms with E-state index < -0.39 is 0 Å². The van der Waals surface area contributed by atoms with Crippen LogP contribution in [-0.4, -0.2) is 15.2 Å². The minimum absolute atomic E-state index is 0.579. The molecule has 4 nitrogen and oxygen atoms in total. The highest BCUT2D eigenvalue weighted by Crippen LogP contribution is 2.19. The summed E-state index contributed by atoms with van der Waals surface area (Å²) in [6, 6.07) is 19.8. The number of H-pyrrole nitrogens is 1. The van der Waals surface area contributed by atoms with Gasteiger partial charge in [-0.15, -0.1) is 0 Å². The van der Waals surface area contributed by atoms with E-state index in [9.17, 15) is 0 Å². The zero-order chi connectivity index (χ0) is 14.5. The molecule has 0 aliphatic carbocycles. The third-order valence-electron chi connectivity index (χ3n) is 3.31. The highest BCUT2D eigenvalue weighted by atomic mass is 15.2. The van der Waals surface area contributed by atoms with Crippen LogP contribution in [0.15, 0.2) is 54.6 Å². The Morgan fingerprint density at radius 3 is 2.52 bits per heavy atom. The number of hydrogen-bond donors (Lipinski definition) is 1. The molecule has 0 unspecified atom stereocenters. The van der Waals surface area contributed by atoms with E-state index in [1.165, 1.54) is 5.56 Å². The van der Waals surface area contributed by atoms with E-state index in [1.54, 1.807) is 6.07 Å². The summed E-state index contributed by atoms with van der Waals surface area (Å²) in [6.07, 6.45) is 1.71. The van der Waals surface area contributed by atoms with Crippen molar-refractivity contribution in [1.29, 1.82) is 5.26 Å². The summed E-state index contributed by atoms with van der Waals surface area (Å²) in [5, 5.41) is 16.3. The van der Waals surface area contributed by atoms with E-state index in [-0.39, 0.29) is 0 Å². The average Bonchev–Trinajstić information content (AvgIpc) is 3.02. The summed E-state index contributed by atoms with van der Waals surface area (Å²) < 4.78 is 0. The molecule has 1 heterocycles. The van der Waals surface area contributed by atoms with Gasteiger partial charge in [0.1, 0.15) is 5.82 Å². The molecule has 21 heavy (non-hydrogen) atoms. The number of hydrogen-bond acceptors (Lipinski definition) is 3. The van der Waals surface area contributed by atoms with Crippen molar-refractivity contribution in [1.82, 2.24) is 15.2 Å². The van der Waals surface area contributed by atoms with Crippen molar-refractivity contribution in [2.45, 2.75) is 12.8 Å². The second-order valence-electron chi connectivity index (χ2n) is 4.75. The number of benzene rings is 2. The Morgan fingerprint density at radius 1 is 0.952 bits per heavy atom. The third-order valence-corrected chi connectivity index (χ3v) is 3.31. The Labute approximate surface area is 123 Å². The van der Waals surface area contributed by atoms with Gasteiger partial charge in [0, 0.05) is 12.0 Å². The van der Waals surface area contributed by atoms with Crippen LogP contribution < -0.4 is 0 Å². The van der Waals surface area contributed by atoms with Crippen molar-refractivity contribution in [2.75, 3.05) is 0 Å². The van der Waals surface area contributed by atoms with Gasteiger partial charge in [0.05, 0.1) is 11.6 Å². The van der Waals surface area contributed by atoms with Crippen LogP contribution in [0.5, 0.6) is 0 Å². The van der Waals surface area contributed by atoms with Gasteiger partial charge in [0.15, 0.2) is 5.82 Å². The first-order valence-corrected chi connectivity index (χ1v) is 6.81. The van der Waals surface area contributed by atoms with Crippen LogP contribution in [0, 0.1) is 11.3 Å². The molecule has 0 atom stereocenters. The second kappa shape index (κ2) is 6.02. The van der Waals surface area contributed by atoms with Crippen molar-refractivity contribution < 1.29 is 0 Å². The first kappa shape index (κ1) is 13.1. The fourth-order valence-corrected chi connectivity index (χ4v) is 2.21. The zero-order valence-corrected chi connectivity index (χ0v) is 11.5. The molecule has 0 saturated heterocycles. The Hall–Kier alpha value is -2.93.